The van der Waals surface area contributed by atoms with Crippen molar-refractivity contribution in [2.45, 2.75) is 51.7 Å². The fourth-order valence-electron chi connectivity index (χ4n) is 1.25. The number of rotatable bonds is 3. The molecule has 0 aliphatic carbocycles. The van der Waals surface area contributed by atoms with Crippen molar-refractivity contribution >= 4 is 5.71 Å². The lowest BCUT2D eigenvalue weighted by Gasteiger charge is -2.22. The SMILES string of the molecule is C[C@H]1CC(CCC(C)(C)F)=N1. The molecule has 0 N–H and O–H groups in total. The molecule has 1 heterocycles. The Morgan fingerprint density at radius 2 is 2.18 bits per heavy atom. The standard InChI is InChI=1S/C9H16FN/c1-7-6-8(11-7)4-5-9(2,3)10/h7H,4-6H2,1-3H3/t7-/m0/s1. The zero-order valence-corrected chi connectivity index (χ0v) is 7.52. The highest BCUT2D eigenvalue weighted by Gasteiger charge is 2.20. The first-order chi connectivity index (χ1) is 4.97. The molecule has 1 aliphatic heterocycles. The van der Waals surface area contributed by atoms with Crippen molar-refractivity contribution in [1.82, 2.24) is 0 Å². The molecule has 0 aromatic carbocycles. The van der Waals surface area contributed by atoms with E-state index in [1.54, 1.807) is 13.8 Å². The van der Waals surface area contributed by atoms with Crippen LogP contribution in [-0.2, 0) is 0 Å². The Hall–Kier alpha value is -0.400. The number of hydrogen-bond donors (Lipinski definition) is 0. The van der Waals surface area contributed by atoms with Crippen LogP contribution in [0.2, 0.25) is 0 Å². The van der Waals surface area contributed by atoms with Gasteiger partial charge < -0.3 is 0 Å². The number of alkyl halides is 1. The van der Waals surface area contributed by atoms with Crippen LogP contribution < -0.4 is 0 Å². The van der Waals surface area contributed by atoms with Gasteiger partial charge in [-0.05, 0) is 33.6 Å². The van der Waals surface area contributed by atoms with Crippen LogP contribution in [0.15, 0.2) is 4.99 Å². The first-order valence-corrected chi connectivity index (χ1v) is 4.22. The van der Waals surface area contributed by atoms with Crippen LogP contribution in [0, 0.1) is 0 Å². The van der Waals surface area contributed by atoms with Crippen molar-refractivity contribution in [3.05, 3.63) is 0 Å². The molecular weight excluding hydrogens is 141 g/mol. The summed E-state index contributed by atoms with van der Waals surface area (Å²) in [5.74, 6) is 0. The maximum Gasteiger partial charge on any atom is 0.105 e. The summed E-state index contributed by atoms with van der Waals surface area (Å²) in [5, 5.41) is 0. The minimum atomic E-state index is -1.03. The Morgan fingerprint density at radius 3 is 2.55 bits per heavy atom. The molecule has 0 aromatic heterocycles. The third-order valence-electron chi connectivity index (χ3n) is 1.94. The predicted molar refractivity (Wildman–Crippen MR) is 45.9 cm³/mol. The predicted octanol–water partition coefficient (Wildman–Crippen LogP) is 2.75. The molecule has 0 bridgehead atoms. The van der Waals surface area contributed by atoms with Gasteiger partial charge in [0, 0.05) is 12.1 Å². The molecule has 0 radical (unpaired) electrons. The van der Waals surface area contributed by atoms with Crippen LogP contribution in [0.25, 0.3) is 0 Å². The van der Waals surface area contributed by atoms with Crippen LogP contribution in [0.3, 0.4) is 0 Å². The second-order valence-electron chi connectivity index (χ2n) is 3.97. The monoisotopic (exact) mass is 157 g/mol. The second-order valence-corrected chi connectivity index (χ2v) is 3.97. The lowest BCUT2D eigenvalue weighted by molar-refractivity contribution is 0.204. The van der Waals surface area contributed by atoms with Gasteiger partial charge in [0.15, 0.2) is 0 Å². The maximum absolute atomic E-state index is 13.0. The van der Waals surface area contributed by atoms with Crippen molar-refractivity contribution in [3.8, 4) is 0 Å². The molecule has 2 heteroatoms. The van der Waals surface area contributed by atoms with Crippen molar-refractivity contribution < 1.29 is 4.39 Å². The summed E-state index contributed by atoms with van der Waals surface area (Å²) >= 11 is 0. The molecular formula is C9H16FN. The van der Waals surface area contributed by atoms with E-state index >= 15 is 0 Å². The molecule has 64 valence electrons. The highest BCUT2D eigenvalue weighted by atomic mass is 19.1. The molecule has 1 aliphatic rings. The molecule has 1 atom stereocenters. The molecule has 0 aromatic rings. The fraction of sp³-hybridized carbons (Fsp3) is 0.889. The van der Waals surface area contributed by atoms with Gasteiger partial charge in [0.05, 0.1) is 6.04 Å². The molecule has 0 saturated carbocycles. The van der Waals surface area contributed by atoms with E-state index < -0.39 is 5.67 Å². The van der Waals surface area contributed by atoms with E-state index in [1.165, 1.54) is 5.71 Å². The largest absolute Gasteiger partial charge is 0.291 e. The third kappa shape index (κ3) is 3.00. The Bertz CT molecular complexity index is 167. The molecule has 0 unspecified atom stereocenters. The smallest absolute Gasteiger partial charge is 0.105 e. The van der Waals surface area contributed by atoms with Crippen LogP contribution in [0.1, 0.15) is 40.0 Å². The van der Waals surface area contributed by atoms with Crippen LogP contribution in [0.5, 0.6) is 0 Å². The number of aliphatic imine (C=N–C) groups is 1. The van der Waals surface area contributed by atoms with E-state index in [0.29, 0.717) is 12.5 Å². The van der Waals surface area contributed by atoms with Gasteiger partial charge in [0.1, 0.15) is 5.67 Å². The van der Waals surface area contributed by atoms with Crippen LogP contribution in [0.4, 0.5) is 4.39 Å². The quantitative estimate of drug-likeness (QED) is 0.597. The van der Waals surface area contributed by atoms with Crippen LogP contribution in [-0.4, -0.2) is 17.4 Å². The van der Waals surface area contributed by atoms with Crippen molar-refractivity contribution in [3.63, 3.8) is 0 Å². The topological polar surface area (TPSA) is 12.4 Å². The summed E-state index contributed by atoms with van der Waals surface area (Å²) in [6.45, 7) is 5.33. The Balaban J connectivity index is 2.19. The Kier molecular flexibility index (Phi) is 2.31. The maximum atomic E-state index is 13.0. The summed E-state index contributed by atoms with van der Waals surface area (Å²) in [6, 6.07) is 0.493. The summed E-state index contributed by atoms with van der Waals surface area (Å²) in [4.78, 5) is 4.27. The number of hydrogen-bond acceptors (Lipinski definition) is 1. The molecule has 0 spiro atoms. The number of nitrogens with zero attached hydrogens (tertiary/aromatic N) is 1. The van der Waals surface area contributed by atoms with Gasteiger partial charge in [-0.2, -0.15) is 0 Å². The number of halogens is 1. The normalized spacial score (nSPS) is 24.4. The molecule has 0 amide bonds. The zero-order valence-electron chi connectivity index (χ0n) is 7.52. The molecule has 0 fully saturated rings. The first-order valence-electron chi connectivity index (χ1n) is 4.22. The lowest BCUT2D eigenvalue weighted by atomic mass is 9.96. The first kappa shape index (κ1) is 8.69. The van der Waals surface area contributed by atoms with Gasteiger partial charge in [0.2, 0.25) is 0 Å². The van der Waals surface area contributed by atoms with Gasteiger partial charge in [-0.15, -0.1) is 0 Å². The molecule has 0 saturated heterocycles. The molecule has 11 heavy (non-hydrogen) atoms. The van der Waals surface area contributed by atoms with E-state index in [9.17, 15) is 4.39 Å². The zero-order chi connectivity index (χ0) is 8.48. The van der Waals surface area contributed by atoms with Crippen molar-refractivity contribution in [2.75, 3.05) is 0 Å². The van der Waals surface area contributed by atoms with Gasteiger partial charge in [-0.1, -0.05) is 0 Å². The third-order valence-corrected chi connectivity index (χ3v) is 1.94. The van der Waals surface area contributed by atoms with E-state index in [2.05, 4.69) is 11.9 Å². The Morgan fingerprint density at radius 1 is 1.64 bits per heavy atom. The highest BCUT2D eigenvalue weighted by molar-refractivity contribution is 5.89. The van der Waals surface area contributed by atoms with Gasteiger partial charge in [-0.25, -0.2) is 4.39 Å². The minimum Gasteiger partial charge on any atom is -0.291 e. The van der Waals surface area contributed by atoms with Crippen molar-refractivity contribution in [1.29, 1.82) is 0 Å². The van der Waals surface area contributed by atoms with E-state index in [4.69, 9.17) is 0 Å². The lowest BCUT2D eigenvalue weighted by Crippen LogP contribution is -2.23. The van der Waals surface area contributed by atoms with Crippen molar-refractivity contribution in [2.24, 2.45) is 4.99 Å². The van der Waals surface area contributed by atoms with Crippen LogP contribution >= 0.6 is 0 Å². The second kappa shape index (κ2) is 2.92. The summed E-state index contributed by atoms with van der Waals surface area (Å²) in [5.41, 5.74) is 0.171. The van der Waals surface area contributed by atoms with E-state index in [-0.39, 0.29) is 0 Å². The van der Waals surface area contributed by atoms with E-state index in [1.807, 2.05) is 0 Å². The average molecular weight is 157 g/mol. The van der Waals surface area contributed by atoms with Gasteiger partial charge in [-0.3, -0.25) is 4.99 Å². The Labute approximate surface area is 67.7 Å². The van der Waals surface area contributed by atoms with Gasteiger partial charge in [0.25, 0.3) is 0 Å². The fourth-order valence-corrected chi connectivity index (χ4v) is 1.25. The minimum absolute atomic E-state index is 0.493. The highest BCUT2D eigenvalue weighted by Crippen LogP contribution is 2.21. The average Bonchev–Trinajstić information content (AvgIpc) is 1.75. The summed E-state index contributed by atoms with van der Waals surface area (Å²) in [7, 11) is 0. The van der Waals surface area contributed by atoms with Gasteiger partial charge >= 0.3 is 0 Å². The summed E-state index contributed by atoms with van der Waals surface area (Å²) < 4.78 is 13.0. The molecule has 1 rings (SSSR count). The van der Waals surface area contributed by atoms with E-state index in [0.717, 1.165) is 12.8 Å². The molecule has 1 nitrogen and oxygen atoms in total. The summed E-state index contributed by atoms with van der Waals surface area (Å²) in [6.07, 6.45) is 2.53.